The Kier molecular flexibility index (Phi) is 5.93. The van der Waals surface area contributed by atoms with E-state index in [1.54, 1.807) is 35.6 Å². The lowest BCUT2D eigenvalue weighted by atomic mass is 10.2. The molecule has 0 aliphatic carbocycles. The molecule has 138 valence electrons. The van der Waals surface area contributed by atoms with E-state index in [9.17, 15) is 9.59 Å². The van der Waals surface area contributed by atoms with Crippen LogP contribution in [0.3, 0.4) is 0 Å². The molecule has 2 aromatic rings. The van der Waals surface area contributed by atoms with Gasteiger partial charge in [0.25, 0.3) is 5.56 Å². The van der Waals surface area contributed by atoms with Crippen molar-refractivity contribution < 1.29 is 9.53 Å². The lowest BCUT2D eigenvalue weighted by Crippen LogP contribution is -2.25. The van der Waals surface area contributed by atoms with Gasteiger partial charge in [0, 0.05) is 30.0 Å². The predicted molar refractivity (Wildman–Crippen MR) is 106 cm³/mol. The summed E-state index contributed by atoms with van der Waals surface area (Å²) in [4.78, 5) is 30.3. The molecular weight excluding hydrogens is 370 g/mol. The second-order valence-electron chi connectivity index (χ2n) is 5.92. The Balaban J connectivity index is 1.71. The molecule has 26 heavy (non-hydrogen) atoms. The van der Waals surface area contributed by atoms with Gasteiger partial charge in [-0.05, 0) is 19.1 Å². The SMILES string of the molecule is CCn1c(SCC(=O)Nc2cccc(OC)c2)nc2c(c1=O)SC(C)C2. The van der Waals surface area contributed by atoms with E-state index in [0.717, 1.165) is 17.0 Å². The van der Waals surface area contributed by atoms with Crippen LogP contribution in [-0.4, -0.2) is 33.6 Å². The smallest absolute Gasteiger partial charge is 0.268 e. The van der Waals surface area contributed by atoms with Crippen molar-refractivity contribution in [2.75, 3.05) is 18.2 Å². The second-order valence-corrected chi connectivity index (χ2v) is 8.31. The van der Waals surface area contributed by atoms with Crippen LogP contribution in [-0.2, 0) is 17.8 Å². The first-order valence-corrected chi connectivity index (χ1v) is 10.3. The van der Waals surface area contributed by atoms with Gasteiger partial charge < -0.3 is 10.1 Å². The number of hydrogen-bond donors (Lipinski definition) is 1. The Morgan fingerprint density at radius 3 is 3.04 bits per heavy atom. The van der Waals surface area contributed by atoms with Crippen molar-refractivity contribution in [3.05, 3.63) is 40.3 Å². The van der Waals surface area contributed by atoms with E-state index in [1.807, 2.05) is 19.1 Å². The number of anilines is 1. The van der Waals surface area contributed by atoms with Crippen LogP contribution >= 0.6 is 23.5 Å². The maximum absolute atomic E-state index is 12.6. The molecule has 1 N–H and O–H groups in total. The van der Waals surface area contributed by atoms with Crippen molar-refractivity contribution in [2.45, 2.75) is 42.1 Å². The monoisotopic (exact) mass is 391 g/mol. The Morgan fingerprint density at radius 1 is 1.50 bits per heavy atom. The average Bonchev–Trinajstić information content (AvgIpc) is 3.01. The van der Waals surface area contributed by atoms with E-state index >= 15 is 0 Å². The number of methoxy groups -OCH3 is 1. The van der Waals surface area contributed by atoms with E-state index in [-0.39, 0.29) is 17.2 Å². The number of nitrogens with one attached hydrogen (secondary N) is 1. The van der Waals surface area contributed by atoms with Crippen molar-refractivity contribution in [3.63, 3.8) is 0 Å². The van der Waals surface area contributed by atoms with Crippen molar-refractivity contribution >= 4 is 35.1 Å². The first-order valence-electron chi connectivity index (χ1n) is 8.39. The fourth-order valence-corrected chi connectivity index (χ4v) is 4.74. The Labute approximate surface area is 160 Å². The molecule has 0 bridgehead atoms. The van der Waals surface area contributed by atoms with Gasteiger partial charge >= 0.3 is 0 Å². The third kappa shape index (κ3) is 4.07. The molecule has 1 aromatic heterocycles. The van der Waals surface area contributed by atoms with E-state index in [0.29, 0.717) is 28.4 Å². The molecular formula is C18H21N3O3S2. The van der Waals surface area contributed by atoms with Crippen LogP contribution in [0.15, 0.2) is 39.1 Å². The van der Waals surface area contributed by atoms with E-state index < -0.39 is 0 Å². The van der Waals surface area contributed by atoms with Gasteiger partial charge in [-0.15, -0.1) is 11.8 Å². The van der Waals surface area contributed by atoms with Gasteiger partial charge in [-0.25, -0.2) is 4.98 Å². The van der Waals surface area contributed by atoms with Crippen molar-refractivity contribution in [2.24, 2.45) is 0 Å². The zero-order valence-electron chi connectivity index (χ0n) is 14.9. The molecule has 0 radical (unpaired) electrons. The van der Waals surface area contributed by atoms with Crippen LogP contribution in [0.2, 0.25) is 0 Å². The highest BCUT2D eigenvalue weighted by atomic mass is 32.2. The largest absolute Gasteiger partial charge is 0.497 e. The van der Waals surface area contributed by atoms with Crippen LogP contribution in [0, 0.1) is 0 Å². The minimum absolute atomic E-state index is 0.00236. The van der Waals surface area contributed by atoms with Crippen LogP contribution < -0.4 is 15.6 Å². The molecule has 3 rings (SSSR count). The summed E-state index contributed by atoms with van der Waals surface area (Å²) in [6.45, 7) is 4.54. The summed E-state index contributed by atoms with van der Waals surface area (Å²) in [7, 11) is 1.58. The topological polar surface area (TPSA) is 73.2 Å². The molecule has 1 aliphatic heterocycles. The first kappa shape index (κ1) is 18.8. The summed E-state index contributed by atoms with van der Waals surface area (Å²) < 4.78 is 6.80. The lowest BCUT2D eigenvalue weighted by molar-refractivity contribution is -0.113. The normalized spacial score (nSPS) is 15.6. The molecule has 1 unspecified atom stereocenters. The number of nitrogens with zero attached hydrogens (tertiary/aromatic N) is 2. The highest BCUT2D eigenvalue weighted by Gasteiger charge is 2.26. The first-order chi connectivity index (χ1) is 12.5. The minimum Gasteiger partial charge on any atom is -0.497 e. The number of hydrogen-bond acceptors (Lipinski definition) is 6. The number of fused-ring (bicyclic) bond motifs is 1. The highest BCUT2D eigenvalue weighted by Crippen LogP contribution is 2.34. The fourth-order valence-electron chi connectivity index (χ4n) is 2.75. The van der Waals surface area contributed by atoms with Gasteiger partial charge in [-0.1, -0.05) is 24.8 Å². The molecule has 6 nitrogen and oxygen atoms in total. The average molecular weight is 392 g/mol. The third-order valence-electron chi connectivity index (χ3n) is 3.96. The summed E-state index contributed by atoms with van der Waals surface area (Å²) in [6, 6.07) is 7.20. The molecule has 1 aromatic carbocycles. The highest BCUT2D eigenvalue weighted by molar-refractivity contribution is 8.00. The number of aromatic nitrogens is 2. The molecule has 0 saturated carbocycles. The molecule has 2 heterocycles. The number of thioether (sulfide) groups is 2. The summed E-state index contributed by atoms with van der Waals surface area (Å²) >= 11 is 2.88. The maximum atomic E-state index is 12.6. The molecule has 8 heteroatoms. The summed E-state index contributed by atoms with van der Waals surface area (Å²) in [5.41, 5.74) is 1.53. The van der Waals surface area contributed by atoms with Crippen LogP contribution in [0.1, 0.15) is 19.5 Å². The number of amides is 1. The summed E-state index contributed by atoms with van der Waals surface area (Å²) in [5.74, 6) is 0.719. The Morgan fingerprint density at radius 2 is 2.31 bits per heavy atom. The molecule has 1 aliphatic rings. The van der Waals surface area contributed by atoms with E-state index in [2.05, 4.69) is 17.2 Å². The van der Waals surface area contributed by atoms with E-state index in [1.165, 1.54) is 11.8 Å². The summed E-state index contributed by atoms with van der Waals surface area (Å²) in [6.07, 6.45) is 0.795. The van der Waals surface area contributed by atoms with Gasteiger partial charge in [-0.3, -0.25) is 14.2 Å². The quantitative estimate of drug-likeness (QED) is 0.603. The van der Waals surface area contributed by atoms with Crippen molar-refractivity contribution in [3.8, 4) is 5.75 Å². The van der Waals surface area contributed by atoms with Crippen molar-refractivity contribution in [1.82, 2.24) is 9.55 Å². The van der Waals surface area contributed by atoms with Crippen LogP contribution in [0.25, 0.3) is 0 Å². The number of carbonyl (C=O) groups excluding carboxylic acids is 1. The number of ether oxygens (including phenoxy) is 1. The molecule has 0 spiro atoms. The minimum atomic E-state index is -0.150. The number of rotatable bonds is 6. The maximum Gasteiger partial charge on any atom is 0.268 e. The molecule has 1 atom stereocenters. The van der Waals surface area contributed by atoms with Crippen LogP contribution in [0.5, 0.6) is 5.75 Å². The Hall–Kier alpha value is -1.93. The predicted octanol–water partition coefficient (Wildman–Crippen LogP) is 3.04. The number of benzene rings is 1. The van der Waals surface area contributed by atoms with Gasteiger partial charge in [0.15, 0.2) is 5.16 Å². The second kappa shape index (κ2) is 8.18. The van der Waals surface area contributed by atoms with Gasteiger partial charge in [0.05, 0.1) is 23.5 Å². The lowest BCUT2D eigenvalue weighted by Gasteiger charge is -2.12. The fraction of sp³-hybridized carbons (Fsp3) is 0.389. The van der Waals surface area contributed by atoms with E-state index in [4.69, 9.17) is 4.74 Å². The van der Waals surface area contributed by atoms with Gasteiger partial charge in [0.1, 0.15) is 5.75 Å². The van der Waals surface area contributed by atoms with Crippen LogP contribution in [0.4, 0.5) is 5.69 Å². The Bertz CT molecular complexity index is 882. The molecule has 1 amide bonds. The standard InChI is InChI=1S/C18H21N3O3S2/c1-4-21-17(23)16-14(8-11(2)26-16)20-18(21)25-10-15(22)19-12-6-5-7-13(9-12)24-3/h5-7,9,11H,4,8,10H2,1-3H3,(H,19,22). The summed E-state index contributed by atoms with van der Waals surface area (Å²) in [5, 5.41) is 3.81. The van der Waals surface area contributed by atoms with Crippen molar-refractivity contribution in [1.29, 1.82) is 0 Å². The number of carbonyl (C=O) groups is 1. The van der Waals surface area contributed by atoms with Gasteiger partial charge in [-0.2, -0.15) is 0 Å². The molecule has 0 fully saturated rings. The zero-order chi connectivity index (χ0) is 18.7. The third-order valence-corrected chi connectivity index (χ3v) is 6.16. The molecule has 0 saturated heterocycles. The zero-order valence-corrected chi connectivity index (χ0v) is 16.6. The van der Waals surface area contributed by atoms with Gasteiger partial charge in [0.2, 0.25) is 5.91 Å².